The molecule has 0 amide bonds. The van der Waals surface area contributed by atoms with Gasteiger partial charge in [-0.2, -0.15) is 11.8 Å². The lowest BCUT2D eigenvalue weighted by Gasteiger charge is -2.26. The first-order chi connectivity index (χ1) is 11.2. The van der Waals surface area contributed by atoms with E-state index >= 15 is 0 Å². The highest BCUT2D eigenvalue weighted by atomic mass is 32.2. The van der Waals surface area contributed by atoms with E-state index in [2.05, 4.69) is 66.0 Å². The van der Waals surface area contributed by atoms with Gasteiger partial charge in [0.25, 0.3) is 0 Å². The van der Waals surface area contributed by atoms with E-state index < -0.39 is 5.60 Å². The second-order valence-electron chi connectivity index (χ2n) is 6.48. The van der Waals surface area contributed by atoms with Gasteiger partial charge in [-0.05, 0) is 36.1 Å². The van der Waals surface area contributed by atoms with Crippen molar-refractivity contribution in [1.82, 2.24) is 5.32 Å². The van der Waals surface area contributed by atoms with Crippen LogP contribution in [-0.4, -0.2) is 34.8 Å². The molecule has 2 nitrogen and oxygen atoms in total. The normalized spacial score (nSPS) is 21.0. The van der Waals surface area contributed by atoms with E-state index in [4.69, 9.17) is 0 Å². The molecule has 1 aliphatic rings. The molecule has 3 heteroatoms. The highest BCUT2D eigenvalue weighted by Crippen LogP contribution is 2.27. The largest absolute Gasteiger partial charge is 0.388 e. The summed E-state index contributed by atoms with van der Waals surface area (Å²) in [6, 6.07) is 21.6. The van der Waals surface area contributed by atoms with Crippen molar-refractivity contribution in [3.63, 3.8) is 0 Å². The van der Waals surface area contributed by atoms with E-state index in [1.807, 2.05) is 11.8 Å². The summed E-state index contributed by atoms with van der Waals surface area (Å²) in [7, 11) is 0. The monoisotopic (exact) mass is 327 g/mol. The molecule has 1 fully saturated rings. The molecule has 0 aliphatic carbocycles. The molecule has 122 valence electrons. The van der Waals surface area contributed by atoms with Crippen LogP contribution in [0, 0.1) is 0 Å². The van der Waals surface area contributed by atoms with E-state index in [0.29, 0.717) is 12.6 Å². The lowest BCUT2D eigenvalue weighted by Crippen LogP contribution is -2.46. The lowest BCUT2D eigenvalue weighted by molar-refractivity contribution is 0.0645. The summed E-state index contributed by atoms with van der Waals surface area (Å²) in [4.78, 5) is 0. The summed E-state index contributed by atoms with van der Waals surface area (Å²) in [5.41, 5.74) is 2.15. The van der Waals surface area contributed by atoms with Crippen LogP contribution < -0.4 is 5.32 Å². The Bertz CT molecular complexity index is 540. The minimum atomic E-state index is -0.531. The fraction of sp³-hybridized carbons (Fsp3) is 0.400. The van der Waals surface area contributed by atoms with E-state index in [1.165, 1.54) is 11.1 Å². The van der Waals surface area contributed by atoms with Crippen LogP contribution in [0.4, 0.5) is 0 Å². The third-order valence-electron chi connectivity index (χ3n) is 4.45. The number of rotatable bonds is 7. The lowest BCUT2D eigenvalue weighted by atomic mass is 9.97. The average Bonchev–Trinajstić information content (AvgIpc) is 3.02. The predicted octanol–water partition coefficient (Wildman–Crippen LogP) is 3.30. The molecule has 2 N–H and O–H groups in total. The van der Waals surface area contributed by atoms with Gasteiger partial charge in [-0.1, -0.05) is 60.7 Å². The first kappa shape index (κ1) is 16.6. The first-order valence-electron chi connectivity index (χ1n) is 8.35. The molecular weight excluding hydrogens is 302 g/mol. The molecule has 1 unspecified atom stereocenters. The van der Waals surface area contributed by atoms with Crippen molar-refractivity contribution < 1.29 is 5.11 Å². The molecule has 1 atom stereocenters. The van der Waals surface area contributed by atoms with Crippen molar-refractivity contribution in [3.05, 3.63) is 71.8 Å². The zero-order valence-electron chi connectivity index (χ0n) is 13.4. The number of nitrogens with one attached hydrogen (secondary N) is 1. The van der Waals surface area contributed by atoms with Crippen LogP contribution in [0.5, 0.6) is 0 Å². The number of benzene rings is 2. The van der Waals surface area contributed by atoms with Gasteiger partial charge in [0.05, 0.1) is 5.60 Å². The predicted molar refractivity (Wildman–Crippen MR) is 99.0 cm³/mol. The Hall–Kier alpha value is -1.29. The summed E-state index contributed by atoms with van der Waals surface area (Å²) in [5.74, 6) is 1.92. The van der Waals surface area contributed by atoms with Crippen molar-refractivity contribution in [2.45, 2.75) is 30.9 Å². The van der Waals surface area contributed by atoms with Crippen molar-refractivity contribution in [2.75, 3.05) is 18.1 Å². The quantitative estimate of drug-likeness (QED) is 0.818. The van der Waals surface area contributed by atoms with E-state index in [-0.39, 0.29) is 0 Å². The highest BCUT2D eigenvalue weighted by Gasteiger charge is 2.32. The first-order valence-corrected chi connectivity index (χ1v) is 9.50. The van der Waals surface area contributed by atoms with E-state index in [0.717, 1.165) is 30.8 Å². The minimum absolute atomic E-state index is 0.342. The van der Waals surface area contributed by atoms with Crippen molar-refractivity contribution in [3.8, 4) is 0 Å². The van der Waals surface area contributed by atoms with Gasteiger partial charge in [-0.25, -0.2) is 0 Å². The molecule has 2 aromatic rings. The van der Waals surface area contributed by atoms with E-state index in [9.17, 15) is 5.11 Å². The molecule has 0 bridgehead atoms. The Labute approximate surface area is 143 Å². The molecule has 2 aromatic carbocycles. The summed E-state index contributed by atoms with van der Waals surface area (Å²) >= 11 is 1.85. The Morgan fingerprint density at radius 2 is 1.52 bits per heavy atom. The molecule has 1 aliphatic heterocycles. The zero-order valence-corrected chi connectivity index (χ0v) is 14.3. The summed E-state index contributed by atoms with van der Waals surface area (Å²) in [5, 5.41) is 14.2. The van der Waals surface area contributed by atoms with Crippen molar-refractivity contribution in [1.29, 1.82) is 0 Å². The smallest absolute Gasteiger partial charge is 0.0869 e. The molecular formula is C20H25NOS. The Balaban J connectivity index is 1.65. The molecule has 23 heavy (non-hydrogen) atoms. The van der Waals surface area contributed by atoms with Crippen LogP contribution in [0.25, 0.3) is 0 Å². The number of thioether (sulfide) groups is 1. The third kappa shape index (κ3) is 5.10. The fourth-order valence-electron chi connectivity index (χ4n) is 3.08. The van der Waals surface area contributed by atoms with Crippen molar-refractivity contribution >= 4 is 11.8 Å². The highest BCUT2D eigenvalue weighted by molar-refractivity contribution is 7.99. The SMILES string of the molecule is OC1(CNC(Cc2ccccc2)Cc2ccccc2)CCSC1. The third-order valence-corrected chi connectivity index (χ3v) is 5.69. The minimum Gasteiger partial charge on any atom is -0.388 e. The van der Waals surface area contributed by atoms with Crippen LogP contribution in [0.2, 0.25) is 0 Å². The van der Waals surface area contributed by atoms with Gasteiger partial charge in [0, 0.05) is 18.3 Å². The second kappa shape index (κ2) is 8.00. The molecule has 0 saturated carbocycles. The Kier molecular flexibility index (Phi) is 5.76. The van der Waals surface area contributed by atoms with Gasteiger partial charge in [0.1, 0.15) is 0 Å². The van der Waals surface area contributed by atoms with Crippen LogP contribution >= 0.6 is 11.8 Å². The van der Waals surface area contributed by atoms with Crippen LogP contribution in [0.1, 0.15) is 17.5 Å². The maximum atomic E-state index is 10.6. The molecule has 1 heterocycles. The fourth-order valence-corrected chi connectivity index (χ4v) is 4.38. The summed E-state index contributed by atoms with van der Waals surface area (Å²) in [6.45, 7) is 0.685. The van der Waals surface area contributed by atoms with Crippen molar-refractivity contribution in [2.24, 2.45) is 0 Å². The van der Waals surface area contributed by atoms with E-state index in [1.54, 1.807) is 0 Å². The maximum absolute atomic E-state index is 10.6. The van der Waals surface area contributed by atoms with Crippen LogP contribution in [0.15, 0.2) is 60.7 Å². The zero-order chi connectivity index (χ0) is 16.0. The van der Waals surface area contributed by atoms with Crippen LogP contribution in [-0.2, 0) is 12.8 Å². The Morgan fingerprint density at radius 1 is 0.957 bits per heavy atom. The Morgan fingerprint density at radius 3 is 2.00 bits per heavy atom. The standard InChI is InChI=1S/C20H25NOS/c22-20(11-12-23-16-20)15-21-19(13-17-7-3-1-4-8-17)14-18-9-5-2-6-10-18/h1-10,19,21-22H,11-16H2. The van der Waals surface area contributed by atoms with Gasteiger partial charge in [0.15, 0.2) is 0 Å². The molecule has 0 spiro atoms. The average molecular weight is 327 g/mol. The number of hydrogen-bond donors (Lipinski definition) is 2. The second-order valence-corrected chi connectivity index (χ2v) is 7.59. The summed E-state index contributed by atoms with van der Waals surface area (Å²) in [6.07, 6.45) is 2.87. The molecule has 0 aromatic heterocycles. The molecule has 3 rings (SSSR count). The number of hydrogen-bond acceptors (Lipinski definition) is 3. The van der Waals surface area contributed by atoms with Gasteiger partial charge in [-0.3, -0.25) is 0 Å². The summed E-state index contributed by atoms with van der Waals surface area (Å²) < 4.78 is 0. The molecule has 1 saturated heterocycles. The van der Waals surface area contributed by atoms with Gasteiger partial charge < -0.3 is 10.4 Å². The van der Waals surface area contributed by atoms with Gasteiger partial charge in [0.2, 0.25) is 0 Å². The van der Waals surface area contributed by atoms with Gasteiger partial charge in [-0.15, -0.1) is 0 Å². The van der Waals surface area contributed by atoms with Gasteiger partial charge >= 0.3 is 0 Å². The topological polar surface area (TPSA) is 32.3 Å². The van der Waals surface area contributed by atoms with Crippen LogP contribution in [0.3, 0.4) is 0 Å². The number of aliphatic hydroxyl groups is 1. The molecule has 0 radical (unpaired) electrons. The maximum Gasteiger partial charge on any atom is 0.0869 e.